The number of phenolic OH excluding ortho intramolecular Hbond substituents is 1. The Hall–Kier alpha value is -7.26. The summed E-state index contributed by atoms with van der Waals surface area (Å²) in [5, 5.41) is 26.3. The molecule has 0 aliphatic carbocycles. The molecule has 0 aromatic heterocycles. The third-order valence-electron chi connectivity index (χ3n) is 12.5. The molecule has 0 unspecified atom stereocenters. The van der Waals surface area contributed by atoms with E-state index < -0.39 is 198 Å². The molecular formula is C46H68FN11O15S. The molecule has 3 rings (SSSR count). The number of nitrogens with one attached hydrogen (secondary N) is 7. The summed E-state index contributed by atoms with van der Waals surface area (Å²) in [4.78, 5) is 161. The molecule has 10 atom stereocenters. The van der Waals surface area contributed by atoms with Crippen LogP contribution in [0.3, 0.4) is 0 Å². The summed E-state index contributed by atoms with van der Waals surface area (Å²) in [6, 6.07) is -6.54. The van der Waals surface area contributed by atoms with Crippen LogP contribution in [0.5, 0.6) is 5.75 Å². The third-order valence-corrected chi connectivity index (χ3v) is 14.2. The van der Waals surface area contributed by atoms with Gasteiger partial charge in [0.15, 0.2) is 9.84 Å². The van der Waals surface area contributed by atoms with E-state index in [2.05, 4.69) is 37.2 Å². The van der Waals surface area contributed by atoms with Crippen LogP contribution in [0.25, 0.3) is 0 Å². The Kier molecular flexibility index (Phi) is 22.8. The number of ketones is 1. The normalized spacial score (nSPS) is 25.4. The van der Waals surface area contributed by atoms with Gasteiger partial charge in [-0.25, -0.2) is 12.8 Å². The number of sulfone groups is 1. The van der Waals surface area contributed by atoms with Crippen molar-refractivity contribution in [2.75, 3.05) is 24.6 Å². The van der Waals surface area contributed by atoms with Crippen molar-refractivity contribution in [2.24, 2.45) is 35.0 Å². The number of rotatable bonds is 17. The largest absolute Gasteiger partial charge is 0.508 e. The maximum absolute atomic E-state index is 15.7. The van der Waals surface area contributed by atoms with Crippen LogP contribution in [0, 0.1) is 17.8 Å². The summed E-state index contributed by atoms with van der Waals surface area (Å²) in [7, 11) is -4.49. The predicted octanol–water partition coefficient (Wildman–Crippen LogP) is -4.36. The second-order valence-corrected chi connectivity index (χ2v) is 21.2. The van der Waals surface area contributed by atoms with Crippen LogP contribution in [0.2, 0.25) is 0 Å². The van der Waals surface area contributed by atoms with Crippen LogP contribution >= 0.6 is 0 Å². The first-order valence-corrected chi connectivity index (χ1v) is 25.8. The minimum atomic E-state index is -4.49. The number of likely N-dealkylation sites (tertiary alicyclic amines) is 1. The predicted molar refractivity (Wildman–Crippen MR) is 259 cm³/mol. The number of benzene rings is 1. The van der Waals surface area contributed by atoms with E-state index in [9.17, 15) is 71.1 Å². The SMILES string of the molecule is CC[C@H](C)[C@@H]1NC(=O)[C@H](Cc2ccc(O)cc2)NC(=O)C(=O)CCS(=O)(=O)CC[C@@H](C(=O)N2C[C@H](F)[C@H](C)[C@H]2C(=O)N[C@@H](CC(C)C)C(=O)NCC(N)=O)NC(=O)[C@H](CC(N)=O)NC(=O)[C@H](CCC(N)=O)NC1=O. The number of nitrogens with zero attached hydrogens (tertiary/aromatic N) is 1. The Labute approximate surface area is 426 Å². The quantitative estimate of drug-likeness (QED) is 0.0657. The lowest BCUT2D eigenvalue weighted by Gasteiger charge is -2.32. The lowest BCUT2D eigenvalue weighted by molar-refractivity contribution is -0.143. The highest BCUT2D eigenvalue weighted by Gasteiger charge is 2.48. The Balaban J connectivity index is 2.16. The van der Waals surface area contributed by atoms with E-state index in [1.54, 1.807) is 27.7 Å². The Morgan fingerprint density at radius 1 is 0.811 bits per heavy atom. The summed E-state index contributed by atoms with van der Waals surface area (Å²) < 4.78 is 42.9. The van der Waals surface area contributed by atoms with Gasteiger partial charge in [0.05, 0.1) is 31.0 Å². The van der Waals surface area contributed by atoms with E-state index in [4.69, 9.17) is 17.2 Å². The number of alkyl halides is 1. The molecule has 2 saturated heterocycles. The summed E-state index contributed by atoms with van der Waals surface area (Å²) in [5.41, 5.74) is 16.3. The molecule has 0 spiro atoms. The molecular weight excluding hydrogens is 998 g/mol. The van der Waals surface area contributed by atoms with Gasteiger partial charge in [0, 0.05) is 25.2 Å². The number of aromatic hydroxyl groups is 1. The lowest BCUT2D eigenvalue weighted by atomic mass is 9.96. The number of phenols is 1. The molecule has 28 heteroatoms. The van der Waals surface area contributed by atoms with Crippen molar-refractivity contribution in [3.05, 3.63) is 29.8 Å². The fourth-order valence-electron chi connectivity index (χ4n) is 8.08. The van der Waals surface area contributed by atoms with E-state index in [1.165, 1.54) is 31.2 Å². The number of nitrogens with two attached hydrogens (primary N) is 3. The van der Waals surface area contributed by atoms with Crippen molar-refractivity contribution < 1.29 is 75.4 Å². The Bertz CT molecular complexity index is 2410. The Morgan fingerprint density at radius 3 is 2.00 bits per heavy atom. The van der Waals surface area contributed by atoms with Crippen molar-refractivity contribution in [2.45, 2.75) is 134 Å². The first-order valence-electron chi connectivity index (χ1n) is 23.9. The van der Waals surface area contributed by atoms with Gasteiger partial charge in [-0.15, -0.1) is 0 Å². The van der Waals surface area contributed by atoms with Crippen molar-refractivity contribution in [3.8, 4) is 5.75 Å². The maximum Gasteiger partial charge on any atom is 0.288 e. The van der Waals surface area contributed by atoms with E-state index >= 15 is 4.39 Å². The van der Waals surface area contributed by atoms with Gasteiger partial charge in [-0.3, -0.25) is 57.5 Å². The summed E-state index contributed by atoms with van der Waals surface area (Å²) >= 11 is 0. The van der Waals surface area contributed by atoms with Gasteiger partial charge >= 0.3 is 0 Å². The van der Waals surface area contributed by atoms with Crippen molar-refractivity contribution >= 4 is 80.6 Å². The van der Waals surface area contributed by atoms with E-state index in [0.29, 0.717) is 10.5 Å². The molecule has 1 aromatic rings. The van der Waals surface area contributed by atoms with Crippen LogP contribution in [-0.4, -0.2) is 162 Å². The van der Waals surface area contributed by atoms with Gasteiger partial charge in [0.1, 0.15) is 54.2 Å². The number of amides is 11. The van der Waals surface area contributed by atoms with Crippen molar-refractivity contribution in [1.82, 2.24) is 42.1 Å². The highest BCUT2D eigenvalue weighted by Crippen LogP contribution is 2.29. The molecule has 11 amide bonds. The van der Waals surface area contributed by atoms with Gasteiger partial charge in [-0.05, 0) is 48.8 Å². The molecule has 2 aliphatic heterocycles. The first-order chi connectivity index (χ1) is 34.5. The van der Waals surface area contributed by atoms with Crippen LogP contribution in [-0.2, 0) is 73.8 Å². The van der Waals surface area contributed by atoms with Crippen LogP contribution in [0.1, 0.15) is 85.1 Å². The minimum absolute atomic E-state index is 0.000968. The molecule has 74 heavy (non-hydrogen) atoms. The van der Waals surface area contributed by atoms with Crippen molar-refractivity contribution in [1.29, 1.82) is 0 Å². The highest BCUT2D eigenvalue weighted by molar-refractivity contribution is 7.91. The third kappa shape index (κ3) is 18.7. The molecule has 1 aromatic carbocycles. The van der Waals surface area contributed by atoms with E-state index in [0.717, 1.165) is 0 Å². The second kappa shape index (κ2) is 27.7. The van der Waals surface area contributed by atoms with Crippen LogP contribution in [0.15, 0.2) is 24.3 Å². The maximum atomic E-state index is 15.7. The summed E-state index contributed by atoms with van der Waals surface area (Å²) in [6.07, 6.45) is -5.90. The monoisotopic (exact) mass is 1070 g/mol. The molecule has 2 aliphatic rings. The molecule has 410 valence electrons. The lowest BCUT2D eigenvalue weighted by Crippen LogP contribution is -2.61. The van der Waals surface area contributed by atoms with Crippen LogP contribution in [0.4, 0.5) is 4.39 Å². The number of carbonyl (C=O) groups is 12. The average molecular weight is 1070 g/mol. The zero-order chi connectivity index (χ0) is 55.8. The Morgan fingerprint density at radius 2 is 1.42 bits per heavy atom. The van der Waals surface area contributed by atoms with Crippen LogP contribution < -0.4 is 54.4 Å². The van der Waals surface area contributed by atoms with E-state index in [-0.39, 0.29) is 30.9 Å². The molecule has 0 radical (unpaired) electrons. The topological polar surface area (TPSA) is 425 Å². The number of hydrogen-bond acceptors (Lipinski definition) is 15. The summed E-state index contributed by atoms with van der Waals surface area (Å²) in [6.45, 7) is 6.51. The number of carbonyl (C=O) groups excluding carboxylic acids is 12. The number of Topliss-reactive ketones (excluding diaryl/α,β-unsaturated/α-hetero) is 1. The average Bonchev–Trinajstić information content (AvgIpc) is 3.62. The molecule has 0 bridgehead atoms. The second-order valence-electron chi connectivity index (χ2n) is 18.9. The minimum Gasteiger partial charge on any atom is -0.508 e. The van der Waals surface area contributed by atoms with Gasteiger partial charge in [0.2, 0.25) is 64.9 Å². The summed E-state index contributed by atoms with van der Waals surface area (Å²) in [5.74, 6) is -17.9. The fraction of sp³-hybridized carbons (Fsp3) is 0.609. The number of hydrogen-bond donors (Lipinski definition) is 11. The van der Waals surface area contributed by atoms with Gasteiger partial charge < -0.3 is 64.4 Å². The zero-order valence-corrected chi connectivity index (χ0v) is 42.6. The first kappa shape index (κ1) is 61.0. The highest BCUT2D eigenvalue weighted by atomic mass is 32.2. The standard InChI is InChI=1S/C46H68FN11O15S/c1-6-23(4)37-44(69)52-28(11-12-34(48)61)40(65)54-32(19-35(49)62)41(66)53-29(46(71)58-21-27(47)24(5)38(58)45(70)56-30(17-22(2)3)39(64)51-20-36(50)63)13-15-74(72,73)16-14-33(60)43(68)55-31(42(67)57-37)18-25-7-9-26(59)10-8-25/h7-10,22-24,27-32,37-38,59H,6,11-21H2,1-5H3,(H2,48,61)(H2,49,62)(H2,50,63)(H,51,64)(H,52,69)(H,53,66)(H,54,65)(H,55,68)(H,56,70)(H,57,67)/t23-,24-,27-,28-,29-,30-,31-,32-,37-,38-/m0/s1. The van der Waals surface area contributed by atoms with Gasteiger partial charge in [0.25, 0.3) is 5.91 Å². The molecule has 26 nitrogen and oxygen atoms in total. The molecule has 14 N–H and O–H groups in total. The fourth-order valence-corrected chi connectivity index (χ4v) is 9.37. The number of halogens is 1. The smallest absolute Gasteiger partial charge is 0.288 e. The van der Waals surface area contributed by atoms with E-state index in [1.807, 2.05) is 0 Å². The molecule has 2 fully saturated rings. The molecule has 2 heterocycles. The molecule has 0 saturated carbocycles. The zero-order valence-electron chi connectivity index (χ0n) is 41.8. The van der Waals surface area contributed by atoms with Crippen molar-refractivity contribution in [3.63, 3.8) is 0 Å². The van der Waals surface area contributed by atoms with Gasteiger partial charge in [-0.2, -0.15) is 0 Å². The number of primary amides is 3. The van der Waals surface area contributed by atoms with Gasteiger partial charge in [-0.1, -0.05) is 53.2 Å².